The van der Waals surface area contributed by atoms with E-state index >= 15 is 0 Å². The number of nitrogens with one attached hydrogen (secondary N) is 1. The van der Waals surface area contributed by atoms with Crippen molar-refractivity contribution in [2.45, 2.75) is 0 Å². The van der Waals surface area contributed by atoms with Gasteiger partial charge in [0.1, 0.15) is 6.61 Å². The molecule has 94 valence electrons. The molecule has 1 rings (SSSR count). The first-order valence-electron chi connectivity index (χ1n) is 5.09. The van der Waals surface area contributed by atoms with Crippen LogP contribution in [-0.2, 0) is 19.1 Å². The predicted octanol–water partition coefficient (Wildman–Crippen LogP) is -0.551. The molecule has 0 saturated carbocycles. The molecule has 7 heteroatoms. The molecule has 1 saturated heterocycles. The zero-order valence-corrected chi connectivity index (χ0v) is 10.3. The first-order chi connectivity index (χ1) is 8.13. The maximum absolute atomic E-state index is 11.1. The molecule has 0 unspecified atom stereocenters. The van der Waals surface area contributed by atoms with Gasteiger partial charge < -0.3 is 19.7 Å². The average molecular weight is 258 g/mol. The highest BCUT2D eigenvalue weighted by atomic mass is 32.1. The van der Waals surface area contributed by atoms with Crippen LogP contribution in [0.4, 0.5) is 0 Å². The SMILES string of the molecule is COC(=O)/C=C/C(=O)OCCN1CCNC1=S. The number of carbonyl (C=O) groups is 2. The van der Waals surface area contributed by atoms with Crippen LogP contribution in [0.15, 0.2) is 12.2 Å². The van der Waals surface area contributed by atoms with Gasteiger partial charge in [-0.05, 0) is 12.2 Å². The smallest absolute Gasteiger partial charge is 0.331 e. The molecule has 1 aliphatic heterocycles. The Hall–Kier alpha value is -1.63. The van der Waals surface area contributed by atoms with Crippen LogP contribution in [0.25, 0.3) is 0 Å². The Labute approximate surface area is 105 Å². The molecule has 1 aliphatic rings. The minimum atomic E-state index is -0.591. The van der Waals surface area contributed by atoms with Crippen molar-refractivity contribution in [3.63, 3.8) is 0 Å². The van der Waals surface area contributed by atoms with Crippen LogP contribution < -0.4 is 5.32 Å². The van der Waals surface area contributed by atoms with Crippen molar-refractivity contribution < 1.29 is 19.1 Å². The summed E-state index contributed by atoms with van der Waals surface area (Å²) in [6.45, 7) is 2.40. The van der Waals surface area contributed by atoms with E-state index in [0.29, 0.717) is 11.7 Å². The third kappa shape index (κ3) is 4.81. The molecular formula is C10H14N2O4S. The quantitative estimate of drug-likeness (QED) is 0.403. The molecule has 0 aliphatic carbocycles. The number of methoxy groups -OCH3 is 1. The van der Waals surface area contributed by atoms with Gasteiger partial charge in [-0.25, -0.2) is 9.59 Å². The van der Waals surface area contributed by atoms with Gasteiger partial charge in [-0.1, -0.05) is 0 Å². The Kier molecular flexibility index (Phi) is 5.41. The molecule has 0 atom stereocenters. The van der Waals surface area contributed by atoms with Gasteiger partial charge in [-0.2, -0.15) is 0 Å². The molecule has 0 aromatic carbocycles. The lowest BCUT2D eigenvalue weighted by molar-refractivity contribution is -0.139. The van der Waals surface area contributed by atoms with Crippen LogP contribution in [0.5, 0.6) is 0 Å². The normalized spacial score (nSPS) is 14.9. The second kappa shape index (κ2) is 6.85. The molecule has 0 amide bonds. The molecule has 0 aromatic rings. The summed E-state index contributed by atoms with van der Waals surface area (Å²) in [6.07, 6.45) is 2.05. The van der Waals surface area contributed by atoms with Crippen molar-refractivity contribution in [3.05, 3.63) is 12.2 Å². The summed E-state index contributed by atoms with van der Waals surface area (Å²) in [5.74, 6) is -1.17. The van der Waals surface area contributed by atoms with Crippen molar-refractivity contribution >= 4 is 29.3 Å². The topological polar surface area (TPSA) is 67.9 Å². The second-order valence-electron chi connectivity index (χ2n) is 3.24. The summed E-state index contributed by atoms with van der Waals surface area (Å²) in [5.41, 5.74) is 0. The molecule has 1 fully saturated rings. The van der Waals surface area contributed by atoms with Crippen molar-refractivity contribution in [3.8, 4) is 0 Å². The molecule has 6 nitrogen and oxygen atoms in total. The lowest BCUT2D eigenvalue weighted by Crippen LogP contribution is -2.31. The number of esters is 2. The van der Waals surface area contributed by atoms with E-state index in [-0.39, 0.29) is 6.61 Å². The number of rotatable bonds is 5. The van der Waals surface area contributed by atoms with Gasteiger partial charge >= 0.3 is 11.9 Å². The minimum absolute atomic E-state index is 0.228. The predicted molar refractivity (Wildman–Crippen MR) is 64.3 cm³/mol. The summed E-state index contributed by atoms with van der Waals surface area (Å²) >= 11 is 5.02. The molecular weight excluding hydrogens is 244 g/mol. The number of hydrogen-bond acceptors (Lipinski definition) is 5. The fourth-order valence-electron chi connectivity index (χ4n) is 1.23. The van der Waals surface area contributed by atoms with Crippen LogP contribution >= 0.6 is 12.2 Å². The first-order valence-corrected chi connectivity index (χ1v) is 5.50. The van der Waals surface area contributed by atoms with Crippen molar-refractivity contribution in [2.75, 3.05) is 33.4 Å². The van der Waals surface area contributed by atoms with Crippen molar-refractivity contribution in [1.82, 2.24) is 10.2 Å². The molecule has 1 heterocycles. The molecule has 1 N–H and O–H groups in total. The fraction of sp³-hybridized carbons (Fsp3) is 0.500. The van der Waals surface area contributed by atoms with Crippen LogP contribution in [0.2, 0.25) is 0 Å². The minimum Gasteiger partial charge on any atom is -0.466 e. The maximum atomic E-state index is 11.1. The highest BCUT2D eigenvalue weighted by Gasteiger charge is 2.15. The maximum Gasteiger partial charge on any atom is 0.331 e. The molecule has 0 aromatic heterocycles. The van der Waals surface area contributed by atoms with E-state index in [1.54, 1.807) is 0 Å². The van der Waals surface area contributed by atoms with E-state index in [9.17, 15) is 9.59 Å². The van der Waals surface area contributed by atoms with E-state index in [4.69, 9.17) is 17.0 Å². The van der Waals surface area contributed by atoms with Gasteiger partial charge in [-0.15, -0.1) is 0 Å². The Morgan fingerprint density at radius 3 is 2.76 bits per heavy atom. The van der Waals surface area contributed by atoms with Gasteiger partial charge in [0.05, 0.1) is 13.7 Å². The van der Waals surface area contributed by atoms with Gasteiger partial charge in [0.15, 0.2) is 5.11 Å². The van der Waals surface area contributed by atoms with E-state index in [1.165, 1.54) is 7.11 Å². The Morgan fingerprint density at radius 2 is 2.18 bits per heavy atom. The Balaban J connectivity index is 2.18. The lowest BCUT2D eigenvalue weighted by Gasteiger charge is -2.15. The van der Waals surface area contributed by atoms with Crippen LogP contribution in [0.3, 0.4) is 0 Å². The van der Waals surface area contributed by atoms with Crippen molar-refractivity contribution in [1.29, 1.82) is 0 Å². The van der Waals surface area contributed by atoms with E-state index in [0.717, 1.165) is 25.2 Å². The number of carbonyl (C=O) groups excluding carboxylic acids is 2. The summed E-state index contributed by atoms with van der Waals surface area (Å²) in [7, 11) is 1.24. The number of hydrogen-bond donors (Lipinski definition) is 1. The van der Waals surface area contributed by atoms with Gasteiger partial charge in [-0.3, -0.25) is 0 Å². The second-order valence-corrected chi connectivity index (χ2v) is 3.63. The Bertz CT molecular complexity index is 343. The third-order valence-electron chi connectivity index (χ3n) is 2.11. The third-order valence-corrected chi connectivity index (χ3v) is 2.51. The molecule has 17 heavy (non-hydrogen) atoms. The molecule has 0 spiro atoms. The van der Waals surface area contributed by atoms with E-state index in [2.05, 4.69) is 10.1 Å². The van der Waals surface area contributed by atoms with Crippen LogP contribution in [0.1, 0.15) is 0 Å². The average Bonchev–Trinajstić information content (AvgIpc) is 2.72. The fourth-order valence-corrected chi connectivity index (χ4v) is 1.52. The van der Waals surface area contributed by atoms with E-state index < -0.39 is 11.9 Å². The lowest BCUT2D eigenvalue weighted by atomic mass is 10.5. The zero-order valence-electron chi connectivity index (χ0n) is 9.47. The van der Waals surface area contributed by atoms with Gasteiger partial charge in [0.2, 0.25) is 0 Å². The molecule has 0 bridgehead atoms. The summed E-state index contributed by atoms with van der Waals surface area (Å²) in [5, 5.41) is 3.67. The molecule has 0 radical (unpaired) electrons. The highest BCUT2D eigenvalue weighted by molar-refractivity contribution is 7.80. The standard InChI is InChI=1S/C10H14N2O4S/c1-15-8(13)2-3-9(14)16-7-6-12-5-4-11-10(12)17/h2-3H,4-7H2,1H3,(H,11,17)/b3-2+. The summed E-state index contributed by atoms with van der Waals surface area (Å²) < 4.78 is 9.22. The largest absolute Gasteiger partial charge is 0.466 e. The number of ether oxygens (including phenoxy) is 2. The number of nitrogens with zero attached hydrogens (tertiary/aromatic N) is 1. The zero-order chi connectivity index (χ0) is 12.7. The van der Waals surface area contributed by atoms with Gasteiger partial charge in [0, 0.05) is 25.2 Å². The van der Waals surface area contributed by atoms with Gasteiger partial charge in [0.25, 0.3) is 0 Å². The van der Waals surface area contributed by atoms with Crippen LogP contribution in [-0.4, -0.2) is 55.3 Å². The summed E-state index contributed by atoms with van der Waals surface area (Å²) in [4.78, 5) is 23.7. The summed E-state index contributed by atoms with van der Waals surface area (Å²) in [6, 6.07) is 0. The monoisotopic (exact) mass is 258 g/mol. The van der Waals surface area contributed by atoms with Crippen molar-refractivity contribution in [2.24, 2.45) is 0 Å². The first kappa shape index (κ1) is 13.4. The highest BCUT2D eigenvalue weighted by Crippen LogP contribution is 1.96. The number of thiocarbonyl (C=S) groups is 1. The van der Waals surface area contributed by atoms with Crippen LogP contribution in [0, 0.1) is 0 Å². The van der Waals surface area contributed by atoms with E-state index in [1.807, 2.05) is 4.90 Å². The Morgan fingerprint density at radius 1 is 1.47 bits per heavy atom.